The summed E-state index contributed by atoms with van der Waals surface area (Å²) >= 11 is 5.52. The molecule has 0 saturated carbocycles. The quantitative estimate of drug-likeness (QED) is 0.349. The summed E-state index contributed by atoms with van der Waals surface area (Å²) in [4.78, 5) is 4.93. The second kappa shape index (κ2) is 7.52. The van der Waals surface area contributed by atoms with Crippen LogP contribution in [0.1, 0.15) is 20.8 Å². The number of benzene rings is 1. The Labute approximate surface area is 113 Å². The SMILES string of the molecule is CCON=C(C)OP(=S)(OCC)c1ccccc1. The summed E-state index contributed by atoms with van der Waals surface area (Å²) in [7, 11) is 0. The maximum Gasteiger partial charge on any atom is 0.270 e. The molecule has 0 aliphatic carbocycles. The van der Waals surface area contributed by atoms with E-state index in [4.69, 9.17) is 25.7 Å². The number of hydrogen-bond acceptors (Lipinski definition) is 5. The molecule has 1 unspecified atom stereocenters. The highest BCUT2D eigenvalue weighted by Gasteiger charge is 2.23. The predicted octanol–water partition coefficient (Wildman–Crippen LogP) is 3.04. The second-order valence-electron chi connectivity index (χ2n) is 3.37. The van der Waals surface area contributed by atoms with E-state index in [-0.39, 0.29) is 0 Å². The van der Waals surface area contributed by atoms with Crippen molar-refractivity contribution >= 4 is 29.5 Å². The van der Waals surface area contributed by atoms with Crippen molar-refractivity contribution in [3.05, 3.63) is 30.3 Å². The molecule has 0 saturated heterocycles. The molecule has 4 nitrogen and oxygen atoms in total. The summed E-state index contributed by atoms with van der Waals surface area (Å²) in [5.74, 6) is 0.387. The van der Waals surface area contributed by atoms with Crippen molar-refractivity contribution in [1.82, 2.24) is 0 Å². The largest absolute Gasteiger partial charge is 0.423 e. The average Bonchev–Trinajstić information content (AvgIpc) is 2.37. The van der Waals surface area contributed by atoms with Gasteiger partial charge in [0.05, 0.1) is 6.61 Å². The predicted molar refractivity (Wildman–Crippen MR) is 77.8 cm³/mol. The molecule has 0 amide bonds. The molecule has 18 heavy (non-hydrogen) atoms. The van der Waals surface area contributed by atoms with Crippen LogP contribution >= 0.6 is 6.49 Å². The van der Waals surface area contributed by atoms with Crippen LogP contribution in [-0.2, 0) is 25.7 Å². The fraction of sp³-hybridized carbons (Fsp3) is 0.417. The minimum Gasteiger partial charge on any atom is -0.423 e. The smallest absolute Gasteiger partial charge is 0.270 e. The van der Waals surface area contributed by atoms with Gasteiger partial charge in [0.2, 0.25) is 5.90 Å². The number of nitrogens with zero attached hydrogens (tertiary/aromatic N) is 1. The van der Waals surface area contributed by atoms with Crippen molar-refractivity contribution < 1.29 is 13.9 Å². The van der Waals surface area contributed by atoms with E-state index in [9.17, 15) is 0 Å². The fourth-order valence-electron chi connectivity index (χ4n) is 1.28. The Morgan fingerprint density at radius 2 is 1.89 bits per heavy atom. The first-order valence-electron chi connectivity index (χ1n) is 5.78. The van der Waals surface area contributed by atoms with Crippen LogP contribution in [0.3, 0.4) is 0 Å². The maximum atomic E-state index is 5.70. The lowest BCUT2D eigenvalue weighted by molar-refractivity contribution is 0.152. The van der Waals surface area contributed by atoms with Crippen molar-refractivity contribution in [3.63, 3.8) is 0 Å². The fourth-order valence-corrected chi connectivity index (χ4v) is 3.85. The summed E-state index contributed by atoms with van der Waals surface area (Å²) in [6.45, 7) is 3.89. The third-order valence-corrected chi connectivity index (χ3v) is 5.15. The van der Waals surface area contributed by atoms with Crippen LogP contribution in [-0.4, -0.2) is 19.1 Å². The minimum atomic E-state index is -2.55. The monoisotopic (exact) mass is 287 g/mol. The zero-order valence-corrected chi connectivity index (χ0v) is 12.5. The van der Waals surface area contributed by atoms with E-state index in [1.54, 1.807) is 6.92 Å². The third kappa shape index (κ3) is 4.41. The Bertz CT molecular complexity index is 436. The number of hydrogen-bond donors (Lipinski definition) is 0. The van der Waals surface area contributed by atoms with E-state index in [0.29, 0.717) is 19.1 Å². The molecule has 0 aromatic heterocycles. The molecule has 0 heterocycles. The van der Waals surface area contributed by atoms with E-state index in [2.05, 4.69) is 5.16 Å². The first kappa shape index (κ1) is 15.2. The van der Waals surface area contributed by atoms with Crippen LogP contribution in [0.2, 0.25) is 0 Å². The Balaban J connectivity index is 2.91. The second-order valence-corrected chi connectivity index (χ2v) is 6.76. The zero-order valence-electron chi connectivity index (χ0n) is 10.8. The molecule has 1 atom stereocenters. The maximum absolute atomic E-state index is 5.70. The van der Waals surface area contributed by atoms with Crippen molar-refractivity contribution in [2.75, 3.05) is 13.2 Å². The standard InChI is InChI=1S/C12H18NO3PS/c1-4-14-13-11(3)16-17(18,15-5-2)12-9-7-6-8-10-12/h6-10H,4-5H2,1-3H3. The highest BCUT2D eigenvalue weighted by molar-refractivity contribution is 8.13. The van der Waals surface area contributed by atoms with Gasteiger partial charge in [-0.2, -0.15) is 0 Å². The average molecular weight is 287 g/mol. The number of rotatable bonds is 6. The Morgan fingerprint density at radius 1 is 1.22 bits per heavy atom. The van der Waals surface area contributed by atoms with E-state index in [1.807, 2.05) is 44.2 Å². The molecule has 1 rings (SSSR count). The summed E-state index contributed by atoms with van der Waals surface area (Å²) < 4.78 is 11.3. The van der Waals surface area contributed by atoms with Gasteiger partial charge in [0, 0.05) is 12.2 Å². The normalized spacial score (nSPS) is 14.9. The van der Waals surface area contributed by atoms with Crippen molar-refractivity contribution in [2.45, 2.75) is 20.8 Å². The first-order valence-corrected chi connectivity index (χ1v) is 8.42. The van der Waals surface area contributed by atoms with Crippen molar-refractivity contribution in [2.24, 2.45) is 5.16 Å². The van der Waals surface area contributed by atoms with Crippen LogP contribution in [0.25, 0.3) is 0 Å². The lowest BCUT2D eigenvalue weighted by atomic mass is 10.4. The topological polar surface area (TPSA) is 40.0 Å². The van der Waals surface area contributed by atoms with Crippen LogP contribution in [0.15, 0.2) is 35.5 Å². The van der Waals surface area contributed by atoms with Gasteiger partial charge in [-0.05, 0) is 37.8 Å². The van der Waals surface area contributed by atoms with Gasteiger partial charge in [0.1, 0.15) is 6.61 Å². The molecular weight excluding hydrogens is 269 g/mol. The van der Waals surface area contributed by atoms with Crippen LogP contribution < -0.4 is 5.30 Å². The third-order valence-electron chi connectivity index (χ3n) is 1.95. The first-order chi connectivity index (χ1) is 8.62. The van der Waals surface area contributed by atoms with Crippen LogP contribution in [0, 0.1) is 0 Å². The molecule has 0 radical (unpaired) electrons. The summed E-state index contributed by atoms with van der Waals surface area (Å²) in [6.07, 6.45) is 0. The highest BCUT2D eigenvalue weighted by atomic mass is 32.5. The van der Waals surface area contributed by atoms with Gasteiger partial charge in [-0.25, -0.2) is 0 Å². The van der Waals surface area contributed by atoms with Gasteiger partial charge in [0.15, 0.2) is 0 Å². The van der Waals surface area contributed by atoms with Crippen LogP contribution in [0.4, 0.5) is 0 Å². The van der Waals surface area contributed by atoms with E-state index in [1.165, 1.54) is 0 Å². The molecule has 6 heteroatoms. The van der Waals surface area contributed by atoms with Gasteiger partial charge >= 0.3 is 0 Å². The lowest BCUT2D eigenvalue weighted by Crippen LogP contribution is -2.12. The molecule has 0 bridgehead atoms. The van der Waals surface area contributed by atoms with Gasteiger partial charge in [-0.3, -0.25) is 0 Å². The van der Waals surface area contributed by atoms with E-state index in [0.717, 1.165) is 5.30 Å². The highest BCUT2D eigenvalue weighted by Crippen LogP contribution is 2.47. The lowest BCUT2D eigenvalue weighted by Gasteiger charge is -2.21. The van der Waals surface area contributed by atoms with Gasteiger partial charge in [0.25, 0.3) is 6.49 Å². The molecule has 0 fully saturated rings. The molecule has 0 aliphatic rings. The van der Waals surface area contributed by atoms with Crippen LogP contribution in [0.5, 0.6) is 0 Å². The Morgan fingerprint density at radius 3 is 2.44 bits per heavy atom. The summed E-state index contributed by atoms with van der Waals surface area (Å²) in [5, 5.41) is 4.68. The molecule has 0 aliphatic heterocycles. The molecular formula is C12H18NO3PS. The van der Waals surface area contributed by atoms with Gasteiger partial charge in [-0.15, -0.1) is 0 Å². The summed E-state index contributed by atoms with van der Waals surface area (Å²) in [5.41, 5.74) is 0. The van der Waals surface area contributed by atoms with Gasteiger partial charge in [-0.1, -0.05) is 23.4 Å². The number of oxime groups is 1. The Kier molecular flexibility index (Phi) is 6.33. The summed E-state index contributed by atoms with van der Waals surface area (Å²) in [6, 6.07) is 9.56. The molecule has 100 valence electrons. The van der Waals surface area contributed by atoms with Gasteiger partial charge < -0.3 is 13.9 Å². The molecule has 0 spiro atoms. The zero-order chi connectivity index (χ0) is 13.4. The van der Waals surface area contributed by atoms with E-state index >= 15 is 0 Å². The Hall–Kier alpha value is -0.900. The molecule has 1 aromatic rings. The molecule has 0 N–H and O–H groups in total. The minimum absolute atomic E-state index is 0.387. The van der Waals surface area contributed by atoms with E-state index < -0.39 is 6.49 Å². The van der Waals surface area contributed by atoms with Crippen molar-refractivity contribution in [3.8, 4) is 0 Å². The van der Waals surface area contributed by atoms with Crippen molar-refractivity contribution in [1.29, 1.82) is 0 Å². The molecule has 1 aromatic carbocycles.